The zero-order valence-corrected chi connectivity index (χ0v) is 17.7. The van der Waals surface area contributed by atoms with Crippen LogP contribution in [0.15, 0.2) is 52.2 Å². The Hall–Kier alpha value is -3.40. The summed E-state index contributed by atoms with van der Waals surface area (Å²) >= 11 is 0. The number of carbonyl (C=O) groups excluding carboxylic acids is 1. The summed E-state index contributed by atoms with van der Waals surface area (Å²) in [6, 6.07) is 10.1. The van der Waals surface area contributed by atoms with Crippen molar-refractivity contribution in [3.05, 3.63) is 74.4 Å². The van der Waals surface area contributed by atoms with Crippen molar-refractivity contribution in [3.63, 3.8) is 0 Å². The van der Waals surface area contributed by atoms with Gasteiger partial charge in [-0.1, -0.05) is 18.2 Å². The Labute approximate surface area is 178 Å². The number of rotatable bonds is 6. The van der Waals surface area contributed by atoms with E-state index in [1.165, 1.54) is 18.5 Å². The van der Waals surface area contributed by atoms with Crippen molar-refractivity contribution < 1.29 is 13.2 Å². The van der Waals surface area contributed by atoms with Crippen LogP contribution < -0.4 is 21.3 Å². The third kappa shape index (κ3) is 4.38. The van der Waals surface area contributed by atoms with Crippen LogP contribution in [0.4, 0.5) is 5.69 Å². The number of carbonyl (C=O) groups is 1. The van der Waals surface area contributed by atoms with Crippen LogP contribution in [0.1, 0.15) is 15.9 Å². The highest BCUT2D eigenvalue weighted by Crippen LogP contribution is 2.29. The second kappa shape index (κ2) is 8.03. The van der Waals surface area contributed by atoms with E-state index in [9.17, 15) is 22.8 Å². The van der Waals surface area contributed by atoms with Gasteiger partial charge in [-0.15, -0.1) is 0 Å². The molecule has 9 nitrogen and oxygen atoms in total. The Morgan fingerprint density at radius 1 is 1.16 bits per heavy atom. The first-order chi connectivity index (χ1) is 14.7. The number of sulfone groups is 1. The predicted octanol–water partition coefficient (Wildman–Crippen LogP) is 0.484. The maximum absolute atomic E-state index is 13.1. The number of amides is 1. The molecule has 162 valence electrons. The maximum Gasteiger partial charge on any atom is 0.264 e. The van der Waals surface area contributed by atoms with Gasteiger partial charge in [0.1, 0.15) is 15.4 Å². The van der Waals surface area contributed by atoms with E-state index in [2.05, 4.69) is 10.3 Å². The molecular weight excluding hydrogens is 420 g/mol. The zero-order valence-electron chi connectivity index (χ0n) is 16.9. The van der Waals surface area contributed by atoms with Crippen LogP contribution >= 0.6 is 0 Å². The second-order valence-corrected chi connectivity index (χ2v) is 9.85. The fraction of sp³-hybridized carbons (Fsp3) is 0.286. The molecule has 2 N–H and O–H groups in total. The van der Waals surface area contributed by atoms with Gasteiger partial charge in [-0.3, -0.25) is 14.4 Å². The number of para-hydroxylation sites is 1. The molecule has 0 spiro atoms. The monoisotopic (exact) mass is 442 g/mol. The topological polar surface area (TPSA) is 121 Å². The summed E-state index contributed by atoms with van der Waals surface area (Å²) in [5.41, 5.74) is 1.61. The van der Waals surface area contributed by atoms with Gasteiger partial charge in [0.25, 0.3) is 11.5 Å². The van der Waals surface area contributed by atoms with Gasteiger partial charge in [-0.2, -0.15) is 0 Å². The first kappa shape index (κ1) is 20.9. The molecule has 0 saturated heterocycles. The minimum atomic E-state index is -3.11. The van der Waals surface area contributed by atoms with Gasteiger partial charge in [-0.25, -0.2) is 8.42 Å². The van der Waals surface area contributed by atoms with Gasteiger partial charge >= 0.3 is 0 Å². The average Bonchev–Trinajstić information content (AvgIpc) is 2.74. The van der Waals surface area contributed by atoms with Crippen LogP contribution in [-0.2, 0) is 22.9 Å². The van der Waals surface area contributed by atoms with Crippen LogP contribution in [0.25, 0.3) is 10.9 Å². The number of nitrogens with one attached hydrogen (secondary N) is 2. The van der Waals surface area contributed by atoms with Crippen LogP contribution in [-0.4, -0.2) is 49.0 Å². The Bertz CT molecular complexity index is 1370. The number of hydrogen-bond acceptors (Lipinski definition) is 6. The van der Waals surface area contributed by atoms with E-state index < -0.39 is 15.7 Å². The standard InChI is InChI=1S/C21H22N4O5S/c1-31(29,30)10-9-24-7-8-25-19-15(3-2-4-17(19)24)11-16(21(25)28)20(27)23-13-14-5-6-18(26)22-12-14/h2-6,11-12H,7-10,13H2,1H3,(H,22,26)(H,23,27). The molecule has 1 amide bonds. The highest BCUT2D eigenvalue weighted by atomic mass is 32.2. The molecule has 1 aromatic carbocycles. The Balaban J connectivity index is 1.65. The van der Waals surface area contributed by atoms with Crippen molar-refractivity contribution in [1.82, 2.24) is 14.9 Å². The molecule has 1 aliphatic rings. The van der Waals surface area contributed by atoms with Gasteiger partial charge in [0.15, 0.2) is 0 Å². The second-order valence-electron chi connectivity index (χ2n) is 7.59. The molecule has 2 aromatic heterocycles. The van der Waals surface area contributed by atoms with Gasteiger partial charge in [0.05, 0.1) is 17.0 Å². The van der Waals surface area contributed by atoms with Crippen LogP contribution in [0.5, 0.6) is 0 Å². The molecular formula is C21H22N4O5S. The summed E-state index contributed by atoms with van der Waals surface area (Å²) in [6.07, 6.45) is 2.71. The van der Waals surface area contributed by atoms with E-state index in [0.29, 0.717) is 30.7 Å². The van der Waals surface area contributed by atoms with Crippen LogP contribution in [0.3, 0.4) is 0 Å². The summed E-state index contributed by atoms with van der Waals surface area (Å²) in [6.45, 7) is 1.35. The first-order valence-corrected chi connectivity index (χ1v) is 11.8. The minimum Gasteiger partial charge on any atom is -0.367 e. The van der Waals surface area contributed by atoms with Crippen LogP contribution in [0, 0.1) is 0 Å². The maximum atomic E-state index is 13.1. The number of aromatic nitrogens is 2. The normalized spacial score (nSPS) is 13.4. The molecule has 0 unspecified atom stereocenters. The zero-order chi connectivity index (χ0) is 22.2. The van der Waals surface area contributed by atoms with Crippen LogP contribution in [0.2, 0.25) is 0 Å². The lowest BCUT2D eigenvalue weighted by atomic mass is 10.1. The Kier molecular flexibility index (Phi) is 5.40. The number of aromatic amines is 1. The molecule has 31 heavy (non-hydrogen) atoms. The molecule has 4 rings (SSSR count). The molecule has 10 heteroatoms. The summed E-state index contributed by atoms with van der Waals surface area (Å²) in [4.78, 5) is 41.4. The molecule has 0 atom stereocenters. The summed E-state index contributed by atoms with van der Waals surface area (Å²) < 4.78 is 24.7. The quantitative estimate of drug-likeness (QED) is 0.573. The predicted molar refractivity (Wildman–Crippen MR) is 118 cm³/mol. The molecule has 0 radical (unpaired) electrons. The number of pyridine rings is 2. The van der Waals surface area contributed by atoms with Gasteiger partial charge < -0.3 is 19.8 Å². The lowest BCUT2D eigenvalue weighted by Crippen LogP contribution is -2.41. The van der Waals surface area contributed by atoms with Gasteiger partial charge in [0, 0.05) is 50.1 Å². The lowest BCUT2D eigenvalue weighted by molar-refractivity contribution is 0.0949. The minimum absolute atomic E-state index is 0.0266. The van der Waals surface area contributed by atoms with Crippen molar-refractivity contribution >= 4 is 32.3 Å². The third-order valence-corrected chi connectivity index (χ3v) is 6.23. The van der Waals surface area contributed by atoms with Crippen molar-refractivity contribution in [2.75, 3.05) is 30.0 Å². The molecule has 0 fully saturated rings. The number of H-pyrrole nitrogens is 1. The Morgan fingerprint density at radius 2 is 1.97 bits per heavy atom. The molecule has 3 aromatic rings. The molecule has 1 aliphatic heterocycles. The van der Waals surface area contributed by atoms with E-state index in [1.54, 1.807) is 16.7 Å². The van der Waals surface area contributed by atoms with Crippen molar-refractivity contribution in [1.29, 1.82) is 0 Å². The number of nitrogens with zero attached hydrogens (tertiary/aromatic N) is 2. The van der Waals surface area contributed by atoms with E-state index in [4.69, 9.17) is 0 Å². The average molecular weight is 442 g/mol. The van der Waals surface area contributed by atoms with E-state index >= 15 is 0 Å². The highest BCUT2D eigenvalue weighted by Gasteiger charge is 2.23. The number of hydrogen-bond donors (Lipinski definition) is 2. The summed E-state index contributed by atoms with van der Waals surface area (Å²) in [7, 11) is -3.11. The molecule has 0 bridgehead atoms. The number of benzene rings is 1. The van der Waals surface area contributed by atoms with Gasteiger partial charge in [-0.05, 0) is 17.7 Å². The van der Waals surface area contributed by atoms with E-state index in [0.717, 1.165) is 11.1 Å². The molecule has 0 aliphatic carbocycles. The smallest absolute Gasteiger partial charge is 0.264 e. The van der Waals surface area contributed by atoms with Crippen molar-refractivity contribution in [2.45, 2.75) is 13.1 Å². The fourth-order valence-electron chi connectivity index (χ4n) is 3.73. The SMILES string of the molecule is CS(=O)(=O)CCN1CCn2c(=O)c(C(=O)NCc3ccc(=O)[nH]c3)cc3cccc1c32. The third-order valence-electron chi connectivity index (χ3n) is 5.30. The van der Waals surface area contributed by atoms with E-state index in [1.807, 2.05) is 23.1 Å². The summed E-state index contributed by atoms with van der Waals surface area (Å²) in [5, 5.41) is 3.45. The highest BCUT2D eigenvalue weighted by molar-refractivity contribution is 7.90. The van der Waals surface area contributed by atoms with Crippen molar-refractivity contribution in [2.24, 2.45) is 0 Å². The largest absolute Gasteiger partial charge is 0.367 e. The number of anilines is 1. The summed E-state index contributed by atoms with van der Waals surface area (Å²) in [5.74, 6) is -0.467. The fourth-order valence-corrected chi connectivity index (χ4v) is 4.29. The molecule has 3 heterocycles. The lowest BCUT2D eigenvalue weighted by Gasteiger charge is -2.32. The van der Waals surface area contributed by atoms with Crippen molar-refractivity contribution in [3.8, 4) is 0 Å². The first-order valence-electron chi connectivity index (χ1n) is 9.78. The van der Waals surface area contributed by atoms with Gasteiger partial charge in [0.2, 0.25) is 5.56 Å². The van der Waals surface area contributed by atoms with E-state index in [-0.39, 0.29) is 29.0 Å². The molecule has 0 saturated carbocycles. The Morgan fingerprint density at radius 3 is 2.68 bits per heavy atom.